The molecule has 1 unspecified atom stereocenters. The number of sulfonamides is 2. The molecule has 148 valence electrons. The minimum absolute atomic E-state index is 0.0506. The summed E-state index contributed by atoms with van der Waals surface area (Å²) in [5.74, 6) is 0. The highest BCUT2D eigenvalue weighted by Gasteiger charge is 2.44. The van der Waals surface area contributed by atoms with Crippen LogP contribution in [-0.2, 0) is 24.8 Å². The summed E-state index contributed by atoms with van der Waals surface area (Å²) in [5.41, 5.74) is -0.472. The monoisotopic (exact) mass is 413 g/mol. The highest BCUT2D eigenvalue weighted by Crippen LogP contribution is 2.32. The van der Waals surface area contributed by atoms with Crippen molar-refractivity contribution in [2.45, 2.75) is 23.3 Å². The van der Waals surface area contributed by atoms with Crippen LogP contribution in [0.2, 0.25) is 0 Å². The molecule has 1 fully saturated rings. The molecule has 2 heterocycles. The molecule has 2 aromatic rings. The first-order valence-corrected chi connectivity index (χ1v) is 11.8. The second-order valence-electron chi connectivity index (χ2n) is 6.82. The van der Waals surface area contributed by atoms with Gasteiger partial charge in [-0.2, -0.15) is 4.31 Å². The average molecular weight is 414 g/mol. The summed E-state index contributed by atoms with van der Waals surface area (Å²) in [6, 6.07) is 8.57. The van der Waals surface area contributed by atoms with Crippen LogP contribution in [0.4, 0.5) is 0 Å². The van der Waals surface area contributed by atoms with Gasteiger partial charge in [-0.3, -0.25) is 4.98 Å². The van der Waals surface area contributed by atoms with Crippen LogP contribution >= 0.6 is 0 Å². The van der Waals surface area contributed by atoms with Gasteiger partial charge in [0.15, 0.2) is 0 Å². The maximum atomic E-state index is 13.3. The molecule has 1 aromatic carbocycles. The van der Waals surface area contributed by atoms with Crippen LogP contribution in [0.3, 0.4) is 0 Å². The average Bonchev–Trinajstić information content (AvgIpc) is 3.02. The summed E-state index contributed by atoms with van der Waals surface area (Å²) in [4.78, 5) is 4.35. The number of aromatic nitrogens is 1. The highest BCUT2D eigenvalue weighted by molar-refractivity contribution is 7.89. The quantitative estimate of drug-likeness (QED) is 0.725. The van der Waals surface area contributed by atoms with Gasteiger partial charge in [0, 0.05) is 43.9 Å². The van der Waals surface area contributed by atoms with E-state index >= 15 is 0 Å². The van der Waals surface area contributed by atoms with Crippen molar-refractivity contribution < 1.29 is 21.6 Å². The number of methoxy groups -OCH3 is 1. The Balaban J connectivity index is 1.96. The molecule has 0 bridgehead atoms. The zero-order valence-corrected chi connectivity index (χ0v) is 16.9. The van der Waals surface area contributed by atoms with Crippen molar-refractivity contribution in [3.05, 3.63) is 36.5 Å². The van der Waals surface area contributed by atoms with E-state index in [0.29, 0.717) is 25.0 Å². The third kappa shape index (κ3) is 4.30. The first kappa shape index (κ1) is 20.2. The second kappa shape index (κ2) is 7.44. The number of hydrogen-bond donors (Lipinski definition) is 1. The molecule has 3 rings (SSSR count). The Morgan fingerprint density at radius 1 is 1.22 bits per heavy atom. The van der Waals surface area contributed by atoms with E-state index in [9.17, 15) is 16.8 Å². The zero-order valence-electron chi connectivity index (χ0n) is 15.3. The summed E-state index contributed by atoms with van der Waals surface area (Å²) in [7, 11) is -5.80. The molecule has 0 aliphatic carbocycles. The van der Waals surface area contributed by atoms with Gasteiger partial charge in [-0.25, -0.2) is 21.6 Å². The fourth-order valence-electron chi connectivity index (χ4n) is 3.49. The van der Waals surface area contributed by atoms with E-state index < -0.39 is 25.6 Å². The van der Waals surface area contributed by atoms with Crippen molar-refractivity contribution in [3.63, 3.8) is 0 Å². The van der Waals surface area contributed by atoms with Crippen LogP contribution in [0.15, 0.2) is 41.4 Å². The van der Waals surface area contributed by atoms with Crippen molar-refractivity contribution in [1.82, 2.24) is 14.0 Å². The Morgan fingerprint density at radius 3 is 2.67 bits per heavy atom. The standard InChI is InChI=1S/C17H23N3O5S2/c1-25-12-9-17(19-26(2,21)22)8-11-20(13-17)27(23,24)15-7-3-5-14-6-4-10-18-16(14)15/h3-7,10,19H,8-9,11-13H2,1-2H3. The number of hydrogen-bond acceptors (Lipinski definition) is 6. The van der Waals surface area contributed by atoms with Crippen LogP contribution in [0.5, 0.6) is 0 Å². The molecule has 1 atom stereocenters. The molecule has 1 aliphatic rings. The Hall–Kier alpha value is -1.59. The fraction of sp³-hybridized carbons (Fsp3) is 0.471. The van der Waals surface area contributed by atoms with E-state index in [1.165, 1.54) is 17.5 Å². The largest absolute Gasteiger partial charge is 0.385 e. The van der Waals surface area contributed by atoms with Crippen molar-refractivity contribution in [2.24, 2.45) is 0 Å². The summed E-state index contributed by atoms with van der Waals surface area (Å²) >= 11 is 0. The number of ether oxygens (including phenoxy) is 1. The predicted molar refractivity (Wildman–Crippen MR) is 102 cm³/mol. The Labute approximate surface area is 159 Å². The fourth-order valence-corrected chi connectivity index (χ4v) is 6.24. The molecule has 1 saturated heterocycles. The van der Waals surface area contributed by atoms with E-state index in [2.05, 4.69) is 9.71 Å². The van der Waals surface area contributed by atoms with Gasteiger partial charge in [-0.1, -0.05) is 18.2 Å². The van der Waals surface area contributed by atoms with Gasteiger partial charge in [0.2, 0.25) is 20.0 Å². The molecular formula is C17H23N3O5S2. The first-order chi connectivity index (χ1) is 12.7. The van der Waals surface area contributed by atoms with Gasteiger partial charge >= 0.3 is 0 Å². The number of nitrogens with zero attached hydrogens (tertiary/aromatic N) is 2. The number of fused-ring (bicyclic) bond motifs is 1. The van der Waals surface area contributed by atoms with Gasteiger partial charge in [0.1, 0.15) is 4.90 Å². The zero-order chi connectivity index (χ0) is 19.7. The van der Waals surface area contributed by atoms with E-state index in [4.69, 9.17) is 4.74 Å². The van der Waals surface area contributed by atoms with E-state index in [1.54, 1.807) is 30.5 Å². The molecule has 1 aliphatic heterocycles. The van der Waals surface area contributed by atoms with E-state index in [-0.39, 0.29) is 18.0 Å². The Kier molecular flexibility index (Phi) is 5.55. The third-order valence-electron chi connectivity index (χ3n) is 4.72. The third-order valence-corrected chi connectivity index (χ3v) is 7.40. The number of rotatable bonds is 7. The molecule has 0 radical (unpaired) electrons. The molecule has 8 nitrogen and oxygen atoms in total. The van der Waals surface area contributed by atoms with Crippen molar-refractivity contribution >= 4 is 30.9 Å². The van der Waals surface area contributed by atoms with Crippen molar-refractivity contribution in [1.29, 1.82) is 0 Å². The number of pyridine rings is 1. The predicted octanol–water partition coefficient (Wildman–Crippen LogP) is 0.954. The molecule has 27 heavy (non-hydrogen) atoms. The Bertz CT molecular complexity index is 1030. The van der Waals surface area contributed by atoms with Crippen LogP contribution in [0.1, 0.15) is 12.8 Å². The lowest BCUT2D eigenvalue weighted by molar-refractivity contribution is 0.165. The van der Waals surface area contributed by atoms with Gasteiger partial charge in [-0.15, -0.1) is 0 Å². The smallest absolute Gasteiger partial charge is 0.245 e. The number of para-hydroxylation sites is 1. The molecule has 0 spiro atoms. The molecule has 1 aromatic heterocycles. The van der Waals surface area contributed by atoms with Gasteiger partial charge in [0.05, 0.1) is 11.8 Å². The molecule has 0 saturated carbocycles. The van der Waals surface area contributed by atoms with Crippen LogP contribution in [0.25, 0.3) is 10.9 Å². The molecule has 0 amide bonds. The van der Waals surface area contributed by atoms with E-state index in [0.717, 1.165) is 11.6 Å². The molecule has 1 N–H and O–H groups in total. The highest BCUT2D eigenvalue weighted by atomic mass is 32.2. The van der Waals surface area contributed by atoms with Gasteiger partial charge in [0.25, 0.3) is 0 Å². The van der Waals surface area contributed by atoms with Crippen LogP contribution in [0, 0.1) is 0 Å². The second-order valence-corrected chi connectivity index (χ2v) is 10.5. The maximum Gasteiger partial charge on any atom is 0.245 e. The van der Waals surface area contributed by atoms with Crippen molar-refractivity contribution in [2.75, 3.05) is 33.1 Å². The van der Waals surface area contributed by atoms with Crippen LogP contribution < -0.4 is 4.72 Å². The minimum atomic E-state index is -3.82. The maximum absolute atomic E-state index is 13.3. The van der Waals surface area contributed by atoms with E-state index in [1.807, 2.05) is 0 Å². The van der Waals surface area contributed by atoms with Gasteiger partial charge in [-0.05, 0) is 25.0 Å². The van der Waals surface area contributed by atoms with Gasteiger partial charge < -0.3 is 4.74 Å². The molecular weight excluding hydrogens is 390 g/mol. The summed E-state index contributed by atoms with van der Waals surface area (Å²) in [6.07, 6.45) is 3.39. The number of nitrogens with one attached hydrogen (secondary N) is 1. The first-order valence-electron chi connectivity index (χ1n) is 8.49. The minimum Gasteiger partial charge on any atom is -0.385 e. The lowest BCUT2D eigenvalue weighted by atomic mass is 9.96. The van der Waals surface area contributed by atoms with Crippen LogP contribution in [-0.4, -0.2) is 64.7 Å². The lowest BCUT2D eigenvalue weighted by Gasteiger charge is -2.29. The summed E-state index contributed by atoms with van der Waals surface area (Å²) < 4.78 is 59.2. The lowest BCUT2D eigenvalue weighted by Crippen LogP contribution is -2.51. The summed E-state index contributed by atoms with van der Waals surface area (Å²) in [5, 5.41) is 0.734. The SMILES string of the molecule is COCCC1(NS(C)(=O)=O)CCN(S(=O)(=O)c2cccc3cccnc23)C1. The number of benzene rings is 1. The summed E-state index contributed by atoms with van der Waals surface area (Å²) in [6.45, 7) is 0.596. The topological polar surface area (TPSA) is 106 Å². The molecule has 10 heteroatoms. The van der Waals surface area contributed by atoms with Crippen molar-refractivity contribution in [3.8, 4) is 0 Å². The Morgan fingerprint density at radius 2 is 1.96 bits per heavy atom. The normalized spacial score (nSPS) is 21.7.